The Morgan fingerprint density at radius 3 is 2.43 bits per heavy atom. The summed E-state index contributed by atoms with van der Waals surface area (Å²) in [5.74, 6) is 0. The summed E-state index contributed by atoms with van der Waals surface area (Å²) in [5.41, 5.74) is 0.385. The Kier molecular flexibility index (Phi) is 4.85. The number of nitrogens with zero attached hydrogens (tertiary/aromatic N) is 1. The smallest absolute Gasteiger partial charge is 0.270 e. The van der Waals surface area contributed by atoms with Gasteiger partial charge < -0.3 is 5.32 Å². The minimum atomic E-state index is -2.78. The lowest BCUT2D eigenvalue weighted by molar-refractivity contribution is -0.385. The molecule has 0 spiro atoms. The molecule has 110 valence electrons. The van der Waals surface area contributed by atoms with Crippen LogP contribution in [0.5, 0.6) is 0 Å². The average Bonchev–Trinajstić information content (AvgIpc) is 2.46. The van der Waals surface area contributed by atoms with Crippen molar-refractivity contribution in [1.82, 2.24) is 0 Å². The first-order chi connectivity index (χ1) is 9.97. The molecule has 1 N–H and O–H groups in total. The number of non-ortho nitro benzene ring substituents is 1. The van der Waals surface area contributed by atoms with Crippen molar-refractivity contribution in [2.24, 2.45) is 0 Å². The summed E-state index contributed by atoms with van der Waals surface area (Å²) in [5, 5.41) is 13.5. The molecule has 7 heteroatoms. The summed E-state index contributed by atoms with van der Waals surface area (Å²) >= 11 is 3.31. The highest BCUT2D eigenvalue weighted by atomic mass is 79.9. The number of hydrogen-bond donors (Lipinski definition) is 1. The van der Waals surface area contributed by atoms with Crippen molar-refractivity contribution in [3.63, 3.8) is 0 Å². The van der Waals surface area contributed by atoms with E-state index < -0.39 is 11.3 Å². The molecule has 0 aliphatic heterocycles. The summed E-state index contributed by atoms with van der Waals surface area (Å²) in [4.78, 5) is 9.94. The van der Waals surface area contributed by atoms with Crippen LogP contribution < -0.4 is 5.32 Å². The summed E-state index contributed by atoms with van der Waals surface area (Å²) < 4.78 is 26.9. The third-order valence-electron chi connectivity index (χ3n) is 2.88. The Balaban J connectivity index is 2.19. The number of nitro groups is 1. The van der Waals surface area contributed by atoms with E-state index in [4.69, 9.17) is 0 Å². The van der Waals surface area contributed by atoms with Crippen LogP contribution in [0.25, 0.3) is 0 Å². The van der Waals surface area contributed by atoms with Gasteiger partial charge in [0.05, 0.1) is 4.92 Å². The standard InChI is InChI=1S/C14H11BrF2N2O2/c15-10-3-1-9(2-4-10)8-18-13-6-5-11(19(20)21)7-12(13)14(16)17/h1-7,14,18H,8H2. The molecular weight excluding hydrogens is 346 g/mol. The van der Waals surface area contributed by atoms with E-state index >= 15 is 0 Å². The predicted octanol–water partition coefficient (Wildman–Crippen LogP) is 4.91. The van der Waals surface area contributed by atoms with E-state index in [1.54, 1.807) is 0 Å². The number of nitrogens with one attached hydrogen (secondary N) is 1. The van der Waals surface area contributed by atoms with Crippen LogP contribution in [0.2, 0.25) is 0 Å². The van der Waals surface area contributed by atoms with E-state index in [9.17, 15) is 18.9 Å². The topological polar surface area (TPSA) is 55.2 Å². The zero-order chi connectivity index (χ0) is 15.4. The first-order valence-corrected chi connectivity index (χ1v) is 6.81. The number of alkyl halides is 2. The monoisotopic (exact) mass is 356 g/mol. The quantitative estimate of drug-likeness (QED) is 0.611. The van der Waals surface area contributed by atoms with Gasteiger partial charge in [-0.15, -0.1) is 0 Å². The molecule has 0 aliphatic carbocycles. The lowest BCUT2D eigenvalue weighted by Gasteiger charge is -2.11. The highest BCUT2D eigenvalue weighted by Crippen LogP contribution is 2.31. The van der Waals surface area contributed by atoms with Gasteiger partial charge in [-0.1, -0.05) is 28.1 Å². The molecule has 0 bridgehead atoms. The maximum atomic E-state index is 13.0. The number of nitro benzene ring substituents is 1. The van der Waals surface area contributed by atoms with Crippen molar-refractivity contribution in [3.05, 3.63) is 68.2 Å². The van der Waals surface area contributed by atoms with Crippen LogP contribution in [0.15, 0.2) is 46.9 Å². The van der Waals surface area contributed by atoms with Crippen molar-refractivity contribution in [3.8, 4) is 0 Å². The summed E-state index contributed by atoms with van der Waals surface area (Å²) in [6.07, 6.45) is -2.78. The van der Waals surface area contributed by atoms with Gasteiger partial charge in [0.15, 0.2) is 0 Å². The Labute approximate surface area is 128 Å². The van der Waals surface area contributed by atoms with Crippen LogP contribution in [0.3, 0.4) is 0 Å². The van der Waals surface area contributed by atoms with Gasteiger partial charge in [-0.3, -0.25) is 10.1 Å². The van der Waals surface area contributed by atoms with E-state index in [1.807, 2.05) is 24.3 Å². The number of anilines is 1. The Morgan fingerprint density at radius 1 is 1.19 bits per heavy atom. The van der Waals surface area contributed by atoms with Crippen LogP contribution in [0.1, 0.15) is 17.6 Å². The van der Waals surface area contributed by atoms with E-state index in [0.29, 0.717) is 6.54 Å². The van der Waals surface area contributed by atoms with Crippen molar-refractivity contribution < 1.29 is 13.7 Å². The number of hydrogen-bond acceptors (Lipinski definition) is 3. The van der Waals surface area contributed by atoms with Crippen molar-refractivity contribution in [2.75, 3.05) is 5.32 Å². The summed E-state index contributed by atoms with van der Waals surface area (Å²) in [6, 6.07) is 10.8. The minimum absolute atomic E-state index is 0.193. The molecule has 2 rings (SSSR count). The van der Waals surface area contributed by atoms with Crippen LogP contribution in [-0.2, 0) is 6.54 Å². The Morgan fingerprint density at radius 2 is 1.86 bits per heavy atom. The molecule has 0 unspecified atom stereocenters. The highest BCUT2D eigenvalue weighted by Gasteiger charge is 2.17. The average molecular weight is 357 g/mol. The van der Waals surface area contributed by atoms with E-state index in [0.717, 1.165) is 16.1 Å². The SMILES string of the molecule is O=[N+]([O-])c1ccc(NCc2ccc(Br)cc2)c(C(F)F)c1. The first-order valence-electron chi connectivity index (χ1n) is 6.02. The normalized spacial score (nSPS) is 10.7. The molecule has 0 saturated carbocycles. The van der Waals surface area contributed by atoms with Gasteiger partial charge in [-0.05, 0) is 23.8 Å². The maximum Gasteiger partial charge on any atom is 0.270 e. The third-order valence-corrected chi connectivity index (χ3v) is 3.41. The van der Waals surface area contributed by atoms with Gasteiger partial charge in [-0.2, -0.15) is 0 Å². The fourth-order valence-corrected chi connectivity index (χ4v) is 2.07. The zero-order valence-corrected chi connectivity index (χ0v) is 12.3. The van der Waals surface area contributed by atoms with Gasteiger partial charge in [0.2, 0.25) is 0 Å². The molecule has 0 aromatic heterocycles. The second kappa shape index (κ2) is 6.62. The van der Waals surface area contributed by atoms with E-state index in [1.165, 1.54) is 12.1 Å². The summed E-state index contributed by atoms with van der Waals surface area (Å²) in [6.45, 7) is 0.352. The first kappa shape index (κ1) is 15.4. The third kappa shape index (κ3) is 3.98. The molecule has 2 aromatic rings. The largest absolute Gasteiger partial charge is 0.381 e. The molecule has 2 aromatic carbocycles. The lowest BCUT2D eigenvalue weighted by atomic mass is 10.1. The minimum Gasteiger partial charge on any atom is -0.381 e. The van der Waals surface area contributed by atoms with Gasteiger partial charge in [0.1, 0.15) is 0 Å². The molecule has 4 nitrogen and oxygen atoms in total. The van der Waals surface area contributed by atoms with Crippen LogP contribution >= 0.6 is 15.9 Å². The number of halogens is 3. The lowest BCUT2D eigenvalue weighted by Crippen LogP contribution is -2.03. The molecule has 0 atom stereocenters. The molecule has 0 saturated heterocycles. The Bertz CT molecular complexity index is 648. The van der Waals surface area contributed by atoms with Gasteiger partial charge in [-0.25, -0.2) is 8.78 Å². The van der Waals surface area contributed by atoms with E-state index in [-0.39, 0.29) is 16.9 Å². The fraction of sp³-hybridized carbons (Fsp3) is 0.143. The molecule has 0 aliphatic rings. The fourth-order valence-electron chi connectivity index (χ4n) is 1.80. The second-order valence-corrected chi connectivity index (χ2v) is 5.23. The van der Waals surface area contributed by atoms with Crippen molar-refractivity contribution in [1.29, 1.82) is 0 Å². The number of benzene rings is 2. The zero-order valence-electron chi connectivity index (χ0n) is 10.7. The predicted molar refractivity (Wildman–Crippen MR) is 79.5 cm³/mol. The van der Waals surface area contributed by atoms with Gasteiger partial charge in [0, 0.05) is 34.4 Å². The van der Waals surface area contributed by atoms with Crippen LogP contribution in [-0.4, -0.2) is 4.92 Å². The van der Waals surface area contributed by atoms with Crippen molar-refractivity contribution in [2.45, 2.75) is 13.0 Å². The Hall–Kier alpha value is -2.02. The highest BCUT2D eigenvalue weighted by molar-refractivity contribution is 9.10. The van der Waals surface area contributed by atoms with Gasteiger partial charge >= 0.3 is 0 Å². The van der Waals surface area contributed by atoms with Crippen molar-refractivity contribution >= 4 is 27.3 Å². The second-order valence-electron chi connectivity index (χ2n) is 4.31. The van der Waals surface area contributed by atoms with Crippen LogP contribution in [0.4, 0.5) is 20.2 Å². The molecule has 0 heterocycles. The van der Waals surface area contributed by atoms with Gasteiger partial charge in [0.25, 0.3) is 12.1 Å². The molecular formula is C14H11BrF2N2O2. The molecule has 21 heavy (non-hydrogen) atoms. The molecule has 0 fully saturated rings. The number of rotatable bonds is 5. The van der Waals surface area contributed by atoms with Crippen LogP contribution in [0, 0.1) is 10.1 Å². The van der Waals surface area contributed by atoms with E-state index in [2.05, 4.69) is 21.2 Å². The summed E-state index contributed by atoms with van der Waals surface area (Å²) in [7, 11) is 0. The maximum absolute atomic E-state index is 13.0. The molecule has 0 radical (unpaired) electrons. The molecule has 0 amide bonds.